The topological polar surface area (TPSA) is 38.3 Å². The highest BCUT2D eigenvalue weighted by molar-refractivity contribution is 9.10. The molecule has 2 rings (SSSR count). The van der Waals surface area contributed by atoms with Gasteiger partial charge in [-0.3, -0.25) is 4.79 Å². The monoisotopic (exact) mass is 353 g/mol. The number of benzene rings is 2. The summed E-state index contributed by atoms with van der Waals surface area (Å²) in [5.41, 5.74) is 1.63. The van der Waals surface area contributed by atoms with E-state index in [2.05, 4.69) is 21.2 Å². The van der Waals surface area contributed by atoms with Crippen molar-refractivity contribution >= 4 is 39.1 Å². The number of anilines is 1. The number of amides is 1. The summed E-state index contributed by atoms with van der Waals surface area (Å²) in [5, 5.41) is 3.36. The molecule has 0 aliphatic carbocycles. The van der Waals surface area contributed by atoms with E-state index < -0.39 is 0 Å². The van der Waals surface area contributed by atoms with Crippen LogP contribution in [0.3, 0.4) is 0 Å². The van der Waals surface area contributed by atoms with E-state index in [-0.39, 0.29) is 12.5 Å². The molecule has 0 aromatic heterocycles. The van der Waals surface area contributed by atoms with Gasteiger partial charge in [0, 0.05) is 15.2 Å². The van der Waals surface area contributed by atoms with Crippen LogP contribution in [0.25, 0.3) is 0 Å². The summed E-state index contributed by atoms with van der Waals surface area (Å²) < 4.78 is 6.34. The van der Waals surface area contributed by atoms with Crippen molar-refractivity contribution in [2.75, 3.05) is 11.9 Å². The van der Waals surface area contributed by atoms with Gasteiger partial charge in [-0.05, 0) is 48.9 Å². The molecule has 5 heteroatoms. The van der Waals surface area contributed by atoms with Crippen molar-refractivity contribution in [2.24, 2.45) is 0 Å². The molecule has 0 radical (unpaired) electrons. The molecule has 0 unspecified atom stereocenters. The van der Waals surface area contributed by atoms with E-state index in [1.165, 1.54) is 0 Å². The van der Waals surface area contributed by atoms with Crippen LogP contribution in [0.4, 0.5) is 5.69 Å². The fraction of sp³-hybridized carbons (Fsp3) is 0.133. The minimum absolute atomic E-state index is 0.0485. The van der Waals surface area contributed by atoms with Crippen molar-refractivity contribution in [2.45, 2.75) is 6.92 Å². The fourth-order valence-electron chi connectivity index (χ4n) is 1.55. The molecule has 2 aromatic rings. The third-order valence-corrected chi connectivity index (χ3v) is 3.58. The quantitative estimate of drug-likeness (QED) is 0.882. The molecule has 104 valence electrons. The molecule has 20 heavy (non-hydrogen) atoms. The van der Waals surface area contributed by atoms with E-state index in [0.29, 0.717) is 16.5 Å². The van der Waals surface area contributed by atoms with Crippen molar-refractivity contribution in [3.63, 3.8) is 0 Å². The zero-order valence-electron chi connectivity index (χ0n) is 10.8. The number of ether oxygens (including phenoxy) is 1. The Morgan fingerprint density at radius 2 is 1.95 bits per heavy atom. The molecule has 2 aromatic carbocycles. The average Bonchev–Trinajstić information content (AvgIpc) is 2.42. The van der Waals surface area contributed by atoms with Crippen molar-refractivity contribution < 1.29 is 9.53 Å². The lowest BCUT2D eigenvalue weighted by Crippen LogP contribution is -2.20. The number of rotatable bonds is 4. The Morgan fingerprint density at radius 3 is 2.60 bits per heavy atom. The molecule has 0 spiro atoms. The maximum Gasteiger partial charge on any atom is 0.262 e. The smallest absolute Gasteiger partial charge is 0.262 e. The predicted octanol–water partition coefficient (Wildman–Crippen LogP) is 4.43. The van der Waals surface area contributed by atoms with Crippen LogP contribution in [-0.4, -0.2) is 12.5 Å². The van der Waals surface area contributed by atoms with E-state index in [0.717, 1.165) is 10.0 Å². The Bertz CT molecular complexity index is 614. The van der Waals surface area contributed by atoms with Gasteiger partial charge in [-0.2, -0.15) is 0 Å². The largest absolute Gasteiger partial charge is 0.484 e. The number of hydrogen-bond acceptors (Lipinski definition) is 2. The number of aryl methyl sites for hydroxylation is 1. The molecular weight excluding hydrogens is 342 g/mol. The van der Waals surface area contributed by atoms with Crippen LogP contribution in [0.2, 0.25) is 5.02 Å². The Balaban J connectivity index is 1.89. The number of halogens is 2. The standard InChI is InChI=1S/C15H13BrClNO2/c1-10-2-5-12(8-14(10)17)18-15(19)9-20-13-6-3-11(16)4-7-13/h2-8H,9H2,1H3,(H,18,19). The van der Waals surface area contributed by atoms with E-state index in [4.69, 9.17) is 16.3 Å². The summed E-state index contributed by atoms with van der Waals surface area (Å²) in [6.07, 6.45) is 0. The molecule has 1 amide bonds. The lowest BCUT2D eigenvalue weighted by molar-refractivity contribution is -0.118. The first-order valence-electron chi connectivity index (χ1n) is 5.99. The molecule has 0 aliphatic heterocycles. The van der Waals surface area contributed by atoms with Crippen LogP contribution >= 0.6 is 27.5 Å². The third kappa shape index (κ3) is 4.25. The third-order valence-electron chi connectivity index (χ3n) is 2.64. The van der Waals surface area contributed by atoms with Crippen LogP contribution in [-0.2, 0) is 4.79 Å². The minimum Gasteiger partial charge on any atom is -0.484 e. The molecule has 3 nitrogen and oxygen atoms in total. The molecule has 0 bridgehead atoms. The van der Waals surface area contributed by atoms with Crippen LogP contribution < -0.4 is 10.1 Å². The molecular formula is C15H13BrClNO2. The Labute approximate surface area is 131 Å². The normalized spacial score (nSPS) is 10.2. The van der Waals surface area contributed by atoms with Crippen LogP contribution in [0.1, 0.15) is 5.56 Å². The second kappa shape index (κ2) is 6.77. The number of nitrogens with one attached hydrogen (secondary N) is 1. The van der Waals surface area contributed by atoms with E-state index in [1.54, 1.807) is 24.3 Å². The van der Waals surface area contributed by atoms with Gasteiger partial charge in [-0.15, -0.1) is 0 Å². The summed E-state index contributed by atoms with van der Waals surface area (Å²) in [5.74, 6) is 0.415. The van der Waals surface area contributed by atoms with Gasteiger partial charge >= 0.3 is 0 Å². The molecule has 1 N–H and O–H groups in total. The van der Waals surface area contributed by atoms with Crippen molar-refractivity contribution in [3.05, 3.63) is 57.5 Å². The van der Waals surface area contributed by atoms with Gasteiger partial charge in [-0.1, -0.05) is 33.6 Å². The Kier molecular flexibility index (Phi) is 5.04. The molecule has 0 saturated heterocycles. The average molecular weight is 355 g/mol. The first-order valence-corrected chi connectivity index (χ1v) is 7.16. The van der Waals surface area contributed by atoms with Gasteiger partial charge < -0.3 is 10.1 Å². The first kappa shape index (κ1) is 14.9. The number of hydrogen-bond donors (Lipinski definition) is 1. The maximum absolute atomic E-state index is 11.8. The van der Waals surface area contributed by atoms with Crippen molar-refractivity contribution in [3.8, 4) is 5.75 Å². The van der Waals surface area contributed by atoms with E-state index in [9.17, 15) is 4.79 Å². The van der Waals surface area contributed by atoms with Gasteiger partial charge in [0.2, 0.25) is 0 Å². The zero-order chi connectivity index (χ0) is 14.5. The predicted molar refractivity (Wildman–Crippen MR) is 84.5 cm³/mol. The lowest BCUT2D eigenvalue weighted by Gasteiger charge is -2.08. The SMILES string of the molecule is Cc1ccc(NC(=O)COc2ccc(Br)cc2)cc1Cl. The van der Waals surface area contributed by atoms with Crippen LogP contribution in [0.5, 0.6) is 5.75 Å². The van der Waals surface area contributed by atoms with Crippen LogP contribution in [0.15, 0.2) is 46.9 Å². The zero-order valence-corrected chi connectivity index (χ0v) is 13.2. The Morgan fingerprint density at radius 1 is 1.25 bits per heavy atom. The van der Waals surface area contributed by atoms with E-state index in [1.807, 2.05) is 25.1 Å². The molecule has 0 aliphatic rings. The van der Waals surface area contributed by atoms with E-state index >= 15 is 0 Å². The number of carbonyl (C=O) groups excluding carboxylic acids is 1. The summed E-state index contributed by atoms with van der Waals surface area (Å²) in [7, 11) is 0. The highest BCUT2D eigenvalue weighted by Gasteiger charge is 2.05. The van der Waals surface area contributed by atoms with Crippen LogP contribution in [0, 0.1) is 6.92 Å². The summed E-state index contributed by atoms with van der Waals surface area (Å²) in [4.78, 5) is 11.8. The van der Waals surface area contributed by atoms with Gasteiger partial charge in [0.15, 0.2) is 6.61 Å². The summed E-state index contributed by atoms with van der Waals surface area (Å²) in [6, 6.07) is 12.7. The number of carbonyl (C=O) groups is 1. The second-order valence-electron chi connectivity index (χ2n) is 4.25. The van der Waals surface area contributed by atoms with Gasteiger partial charge in [0.25, 0.3) is 5.91 Å². The van der Waals surface area contributed by atoms with Gasteiger partial charge in [0.05, 0.1) is 0 Å². The van der Waals surface area contributed by atoms with Gasteiger partial charge in [0.1, 0.15) is 5.75 Å². The van der Waals surface area contributed by atoms with Gasteiger partial charge in [-0.25, -0.2) is 0 Å². The molecule has 0 saturated carbocycles. The summed E-state index contributed by atoms with van der Waals surface area (Å²) >= 11 is 9.33. The maximum atomic E-state index is 11.8. The second-order valence-corrected chi connectivity index (χ2v) is 5.58. The minimum atomic E-state index is -0.229. The first-order chi connectivity index (χ1) is 9.54. The van der Waals surface area contributed by atoms with Crippen molar-refractivity contribution in [1.29, 1.82) is 0 Å². The fourth-order valence-corrected chi connectivity index (χ4v) is 1.99. The highest BCUT2D eigenvalue weighted by Crippen LogP contribution is 2.20. The molecule has 0 heterocycles. The Hall–Kier alpha value is -1.52. The summed E-state index contributed by atoms with van der Waals surface area (Å²) in [6.45, 7) is 1.86. The highest BCUT2D eigenvalue weighted by atomic mass is 79.9. The molecule has 0 atom stereocenters. The molecule has 0 fully saturated rings. The lowest BCUT2D eigenvalue weighted by atomic mass is 10.2. The van der Waals surface area contributed by atoms with Crippen molar-refractivity contribution in [1.82, 2.24) is 0 Å².